The lowest BCUT2D eigenvalue weighted by atomic mass is 9.87. The first kappa shape index (κ1) is 19.4. The SMILES string of the molecule is N=C(/N=C(/Nc1ccccc1)C(=N)C(N)=O)N[C@@H]1CCCC(F)(F)[C@@H]1N. The molecule has 2 atom stereocenters. The molecule has 0 bridgehead atoms. The zero-order valence-corrected chi connectivity index (χ0v) is 13.9. The van der Waals surface area contributed by atoms with Gasteiger partial charge in [-0.3, -0.25) is 15.6 Å². The molecule has 0 unspecified atom stereocenters. The zero-order chi connectivity index (χ0) is 19.3. The maximum absolute atomic E-state index is 13.7. The van der Waals surface area contributed by atoms with Crippen molar-refractivity contribution in [3.63, 3.8) is 0 Å². The Labute approximate surface area is 149 Å². The second-order valence-corrected chi connectivity index (χ2v) is 5.97. The molecule has 8 N–H and O–H groups in total. The molecule has 0 aliphatic heterocycles. The maximum Gasteiger partial charge on any atom is 0.270 e. The van der Waals surface area contributed by atoms with Crippen LogP contribution in [0.25, 0.3) is 0 Å². The molecule has 140 valence electrons. The maximum atomic E-state index is 13.7. The summed E-state index contributed by atoms with van der Waals surface area (Å²) in [7, 11) is 0. The fourth-order valence-electron chi connectivity index (χ4n) is 2.60. The first-order valence-corrected chi connectivity index (χ1v) is 7.98. The molecule has 1 aliphatic rings. The normalized spacial score (nSPS) is 22.3. The molecular formula is C16H21F2N7O. The molecule has 10 heteroatoms. The standard InChI is InChI=1S/C16H21F2N7O/c17-16(18)8-4-7-10(12(16)20)24-15(22)25-14(11(19)13(21)26)23-9-5-2-1-3-6-9/h1-3,5-6,10,12,19H,4,7-8,20H2,(H2,21,26)(H3,22,23,24,25)/t10-,12-/m1/s1. The number of nitrogens with two attached hydrogens (primary N) is 2. The number of rotatable bonds is 4. The Kier molecular flexibility index (Phi) is 5.98. The van der Waals surface area contributed by atoms with Gasteiger partial charge in [-0.05, 0) is 25.0 Å². The number of nitrogens with zero attached hydrogens (tertiary/aromatic N) is 1. The molecule has 1 saturated carbocycles. The number of hydrogen-bond acceptors (Lipinski definition) is 4. The summed E-state index contributed by atoms with van der Waals surface area (Å²) >= 11 is 0. The third kappa shape index (κ3) is 4.82. The highest BCUT2D eigenvalue weighted by atomic mass is 19.3. The lowest BCUT2D eigenvalue weighted by Crippen LogP contribution is -2.58. The van der Waals surface area contributed by atoms with Crippen molar-refractivity contribution in [3.8, 4) is 0 Å². The van der Waals surface area contributed by atoms with Crippen LogP contribution in [0.15, 0.2) is 35.3 Å². The van der Waals surface area contributed by atoms with Crippen LogP contribution in [0.3, 0.4) is 0 Å². The Balaban J connectivity index is 2.16. The second kappa shape index (κ2) is 8.00. The Morgan fingerprint density at radius 1 is 1.27 bits per heavy atom. The molecule has 1 aliphatic carbocycles. The van der Waals surface area contributed by atoms with Gasteiger partial charge in [0.15, 0.2) is 11.5 Å². The zero-order valence-electron chi connectivity index (χ0n) is 13.9. The highest BCUT2D eigenvalue weighted by molar-refractivity contribution is 6.67. The number of carbonyl (C=O) groups is 1. The van der Waals surface area contributed by atoms with Crippen LogP contribution in [-0.4, -0.2) is 41.4 Å². The predicted octanol–water partition coefficient (Wildman–Crippen LogP) is 1.04. The van der Waals surface area contributed by atoms with Gasteiger partial charge in [0.05, 0.1) is 6.04 Å². The van der Waals surface area contributed by atoms with Crippen molar-refractivity contribution < 1.29 is 13.6 Å². The first-order chi connectivity index (χ1) is 12.2. The van der Waals surface area contributed by atoms with Gasteiger partial charge in [0.1, 0.15) is 0 Å². The number of halogens is 2. The average molecular weight is 365 g/mol. The second-order valence-electron chi connectivity index (χ2n) is 5.97. The quantitative estimate of drug-likeness (QED) is 0.348. The molecule has 0 saturated heterocycles. The van der Waals surface area contributed by atoms with E-state index in [9.17, 15) is 13.6 Å². The van der Waals surface area contributed by atoms with E-state index in [-0.39, 0.29) is 18.7 Å². The van der Waals surface area contributed by atoms with E-state index < -0.39 is 35.6 Å². The van der Waals surface area contributed by atoms with Gasteiger partial charge in [0, 0.05) is 18.2 Å². The van der Waals surface area contributed by atoms with E-state index in [2.05, 4.69) is 15.6 Å². The van der Waals surface area contributed by atoms with E-state index in [0.717, 1.165) is 0 Å². The molecule has 0 heterocycles. The number of primary amides is 1. The summed E-state index contributed by atoms with van der Waals surface area (Å²) in [6.07, 6.45) is 0.334. The number of aliphatic imine (C=N–C) groups is 1. The highest BCUT2D eigenvalue weighted by Crippen LogP contribution is 2.32. The van der Waals surface area contributed by atoms with Crippen LogP contribution in [0.4, 0.5) is 14.5 Å². The van der Waals surface area contributed by atoms with Crippen molar-refractivity contribution in [2.45, 2.75) is 37.3 Å². The van der Waals surface area contributed by atoms with Gasteiger partial charge >= 0.3 is 0 Å². The Hall–Kier alpha value is -2.88. The fraction of sp³-hybridized carbons (Fsp3) is 0.375. The Morgan fingerprint density at radius 3 is 2.54 bits per heavy atom. The minimum atomic E-state index is -3.02. The summed E-state index contributed by atoms with van der Waals surface area (Å²) in [5.74, 6) is -4.82. The Bertz CT molecular complexity index is 721. The summed E-state index contributed by atoms with van der Waals surface area (Å²) in [4.78, 5) is 15.1. The van der Waals surface area contributed by atoms with Gasteiger partial charge in [0.25, 0.3) is 11.8 Å². The molecule has 1 fully saturated rings. The van der Waals surface area contributed by atoms with E-state index in [0.29, 0.717) is 12.1 Å². The largest absolute Gasteiger partial charge is 0.364 e. The van der Waals surface area contributed by atoms with E-state index >= 15 is 0 Å². The molecule has 26 heavy (non-hydrogen) atoms. The smallest absolute Gasteiger partial charge is 0.270 e. The monoisotopic (exact) mass is 365 g/mol. The van der Waals surface area contributed by atoms with E-state index in [4.69, 9.17) is 22.3 Å². The molecular weight excluding hydrogens is 344 g/mol. The minimum Gasteiger partial charge on any atom is -0.364 e. The van der Waals surface area contributed by atoms with Crippen LogP contribution in [-0.2, 0) is 4.79 Å². The number of benzene rings is 1. The number of para-hydroxylation sites is 1. The van der Waals surface area contributed by atoms with E-state index in [1.807, 2.05) is 0 Å². The summed E-state index contributed by atoms with van der Waals surface area (Å²) in [5.41, 5.74) is 10.6. The number of amidine groups is 1. The van der Waals surface area contributed by atoms with Crippen molar-refractivity contribution in [3.05, 3.63) is 30.3 Å². The summed E-state index contributed by atoms with van der Waals surface area (Å²) < 4.78 is 27.4. The number of amides is 1. The molecule has 1 aromatic rings. The number of anilines is 1. The summed E-state index contributed by atoms with van der Waals surface area (Å²) in [6.45, 7) is 0. The lowest BCUT2D eigenvalue weighted by molar-refractivity contribution is -0.111. The number of guanidine groups is 1. The average Bonchev–Trinajstić information content (AvgIpc) is 2.58. The van der Waals surface area contributed by atoms with Gasteiger partial charge in [-0.1, -0.05) is 18.2 Å². The van der Waals surface area contributed by atoms with Gasteiger partial charge in [-0.2, -0.15) is 4.99 Å². The van der Waals surface area contributed by atoms with Gasteiger partial charge in [-0.15, -0.1) is 0 Å². The molecule has 1 amide bonds. The van der Waals surface area contributed by atoms with E-state index in [1.165, 1.54) is 0 Å². The molecule has 2 rings (SSSR count). The third-order valence-electron chi connectivity index (χ3n) is 4.01. The number of nitrogens with one attached hydrogen (secondary N) is 4. The van der Waals surface area contributed by atoms with Crippen LogP contribution in [0, 0.1) is 10.8 Å². The summed E-state index contributed by atoms with van der Waals surface area (Å²) in [6, 6.07) is 6.26. The predicted molar refractivity (Wildman–Crippen MR) is 95.8 cm³/mol. The lowest BCUT2D eigenvalue weighted by Gasteiger charge is -2.35. The number of alkyl halides is 2. The van der Waals surface area contributed by atoms with Crippen molar-refractivity contribution in [2.24, 2.45) is 16.5 Å². The molecule has 0 radical (unpaired) electrons. The van der Waals surface area contributed by atoms with Gasteiger partial charge < -0.3 is 22.1 Å². The van der Waals surface area contributed by atoms with Crippen LogP contribution >= 0.6 is 0 Å². The van der Waals surface area contributed by atoms with Gasteiger partial charge in [0.2, 0.25) is 5.96 Å². The summed E-state index contributed by atoms with van der Waals surface area (Å²) in [5, 5.41) is 20.9. The fourth-order valence-corrected chi connectivity index (χ4v) is 2.60. The van der Waals surface area contributed by atoms with E-state index in [1.54, 1.807) is 30.3 Å². The molecule has 0 aromatic heterocycles. The highest BCUT2D eigenvalue weighted by Gasteiger charge is 2.44. The third-order valence-corrected chi connectivity index (χ3v) is 4.01. The first-order valence-electron chi connectivity index (χ1n) is 7.98. The molecule has 8 nitrogen and oxygen atoms in total. The van der Waals surface area contributed by atoms with Crippen LogP contribution in [0.1, 0.15) is 19.3 Å². The minimum absolute atomic E-state index is 0.265. The van der Waals surface area contributed by atoms with Gasteiger partial charge in [-0.25, -0.2) is 8.78 Å². The van der Waals surface area contributed by atoms with Crippen molar-refractivity contribution in [1.82, 2.24) is 5.32 Å². The molecule has 0 spiro atoms. The number of hydrogen-bond donors (Lipinski definition) is 6. The number of carbonyl (C=O) groups excluding carboxylic acids is 1. The topological polar surface area (TPSA) is 153 Å². The van der Waals surface area contributed by atoms with Crippen molar-refractivity contribution in [2.75, 3.05) is 5.32 Å². The van der Waals surface area contributed by atoms with Crippen LogP contribution in [0.2, 0.25) is 0 Å². The van der Waals surface area contributed by atoms with Crippen LogP contribution < -0.4 is 22.1 Å². The van der Waals surface area contributed by atoms with Crippen molar-refractivity contribution >= 4 is 29.1 Å². The molecule has 1 aromatic carbocycles. The van der Waals surface area contributed by atoms with Crippen LogP contribution in [0.5, 0.6) is 0 Å². The Morgan fingerprint density at radius 2 is 1.92 bits per heavy atom. The van der Waals surface area contributed by atoms with Crippen molar-refractivity contribution in [1.29, 1.82) is 10.8 Å².